The highest BCUT2D eigenvalue weighted by Gasteiger charge is 2.35. The third-order valence-corrected chi connectivity index (χ3v) is 11.5. The van der Waals surface area contributed by atoms with E-state index in [0.29, 0.717) is 32.1 Å². The highest BCUT2D eigenvalue weighted by molar-refractivity contribution is 9.11. The standard InChI is InChI=1S/C45H26BBr3O5/c1-53-45(52)38-35(27-20-12-5-13-21-27)33(25-16-8-3-9-17-25)32(24-14-6-2-7-15-24)34(26-18-10-4-11-19-26)37(38)36-28-22-30(46)41(50)39(48)43(28)54-44-29(36)23-31(47)42(51)40(44)49/h2-23,51H,1H3. The minimum absolute atomic E-state index is 0.0181. The summed E-state index contributed by atoms with van der Waals surface area (Å²) in [6.45, 7) is 0. The van der Waals surface area contributed by atoms with Crippen LogP contribution in [0, 0.1) is 0 Å². The molecule has 0 atom stereocenters. The van der Waals surface area contributed by atoms with Crippen LogP contribution in [0.25, 0.3) is 77.9 Å². The van der Waals surface area contributed by atoms with Crippen molar-refractivity contribution in [1.29, 1.82) is 0 Å². The van der Waals surface area contributed by atoms with Gasteiger partial charge in [-0.1, -0.05) is 127 Å². The van der Waals surface area contributed by atoms with Crippen LogP contribution in [0.3, 0.4) is 0 Å². The van der Waals surface area contributed by atoms with Crippen molar-refractivity contribution in [2.75, 3.05) is 7.11 Å². The van der Waals surface area contributed by atoms with E-state index in [9.17, 15) is 14.7 Å². The number of esters is 1. The van der Waals surface area contributed by atoms with Crippen molar-refractivity contribution in [1.82, 2.24) is 0 Å². The van der Waals surface area contributed by atoms with Gasteiger partial charge in [0.05, 0.1) is 17.1 Å². The van der Waals surface area contributed by atoms with E-state index in [1.165, 1.54) is 7.11 Å². The van der Waals surface area contributed by atoms with Crippen LogP contribution < -0.4 is 10.9 Å². The van der Waals surface area contributed by atoms with Gasteiger partial charge in [0, 0.05) is 27.6 Å². The number of phenolic OH excluding ortho intramolecular Hbond substituents is 1. The van der Waals surface area contributed by atoms with Gasteiger partial charge in [-0.25, -0.2) is 4.79 Å². The Morgan fingerprint density at radius 1 is 0.630 bits per heavy atom. The molecule has 0 aromatic heterocycles. The van der Waals surface area contributed by atoms with Crippen molar-refractivity contribution < 1.29 is 19.1 Å². The summed E-state index contributed by atoms with van der Waals surface area (Å²) in [6, 6.07) is 43.1. The number of hydrogen-bond acceptors (Lipinski definition) is 5. The third kappa shape index (κ3) is 5.91. The zero-order chi connectivity index (χ0) is 37.7. The Balaban J connectivity index is 1.78. The van der Waals surface area contributed by atoms with Crippen LogP contribution in [0.4, 0.5) is 0 Å². The molecular weight excluding hydrogens is 871 g/mol. The lowest BCUT2D eigenvalue weighted by Crippen LogP contribution is -2.26. The predicted octanol–water partition coefficient (Wildman–Crippen LogP) is 11.8. The Kier molecular flexibility index (Phi) is 9.65. The molecular formula is C45H26BBr3O5. The number of ether oxygens (including phenoxy) is 1. The average Bonchev–Trinajstić information content (AvgIpc) is 3.21. The van der Waals surface area contributed by atoms with Crippen LogP contribution >= 0.6 is 47.8 Å². The Morgan fingerprint density at radius 3 is 1.56 bits per heavy atom. The van der Waals surface area contributed by atoms with Gasteiger partial charge in [-0.2, -0.15) is 0 Å². The van der Waals surface area contributed by atoms with Gasteiger partial charge in [0.2, 0.25) is 0 Å². The van der Waals surface area contributed by atoms with Crippen LogP contribution in [0.15, 0.2) is 156 Å². The van der Waals surface area contributed by atoms with E-state index in [1.807, 2.05) is 109 Å². The van der Waals surface area contributed by atoms with Crippen LogP contribution in [0.2, 0.25) is 0 Å². The molecule has 1 N–H and O–H groups in total. The number of benzene rings is 7. The molecule has 0 amide bonds. The van der Waals surface area contributed by atoms with Crippen molar-refractivity contribution >= 4 is 78.0 Å². The number of carbonyl (C=O) groups excluding carboxylic acids is 1. The maximum atomic E-state index is 14.9. The fourth-order valence-electron chi connectivity index (χ4n) is 7.19. The van der Waals surface area contributed by atoms with Crippen LogP contribution in [-0.2, 0) is 4.74 Å². The first-order valence-corrected chi connectivity index (χ1v) is 19.2. The number of carbonyl (C=O) groups is 1. The zero-order valence-corrected chi connectivity index (χ0v) is 33.3. The quantitative estimate of drug-likeness (QED) is 0.102. The summed E-state index contributed by atoms with van der Waals surface area (Å²) in [5, 5.41) is 11.7. The van der Waals surface area contributed by atoms with Crippen molar-refractivity contribution in [3.63, 3.8) is 0 Å². The summed E-state index contributed by atoms with van der Waals surface area (Å²) < 4.78 is 13.0. The summed E-state index contributed by atoms with van der Waals surface area (Å²) >= 11 is 10.6. The monoisotopic (exact) mass is 894 g/mol. The second-order valence-electron chi connectivity index (χ2n) is 12.6. The molecule has 8 rings (SSSR count). The molecule has 2 radical (unpaired) electrons. The number of hydrogen-bond donors (Lipinski definition) is 1. The first kappa shape index (κ1) is 35.8. The second-order valence-corrected chi connectivity index (χ2v) is 15.0. The number of methoxy groups -OCH3 is 1. The van der Waals surface area contributed by atoms with Gasteiger partial charge < -0.3 is 14.3 Å². The van der Waals surface area contributed by atoms with Crippen molar-refractivity contribution in [2.24, 2.45) is 0 Å². The largest absolute Gasteiger partial charge is 0.505 e. The molecule has 54 heavy (non-hydrogen) atoms. The molecule has 0 fully saturated rings. The molecule has 0 spiro atoms. The van der Waals surface area contributed by atoms with Crippen LogP contribution in [-0.4, -0.2) is 26.0 Å². The summed E-state index contributed by atoms with van der Waals surface area (Å²) in [6.07, 6.45) is 0. The van der Waals surface area contributed by atoms with E-state index < -0.39 is 11.4 Å². The van der Waals surface area contributed by atoms with E-state index in [0.717, 1.165) is 38.9 Å². The molecule has 6 aromatic carbocycles. The van der Waals surface area contributed by atoms with Gasteiger partial charge >= 0.3 is 5.97 Å². The zero-order valence-electron chi connectivity index (χ0n) is 28.5. The molecule has 5 nitrogen and oxygen atoms in total. The lowest BCUT2D eigenvalue weighted by atomic mass is 9.74. The lowest BCUT2D eigenvalue weighted by molar-refractivity contribution is 0.0602. The number of halogens is 3. The number of phenols is 1. The molecule has 0 saturated carbocycles. The number of fused-ring (bicyclic) bond motifs is 2. The Bertz CT molecular complexity index is 2770. The summed E-state index contributed by atoms with van der Waals surface area (Å²) in [5.41, 5.74) is 8.04. The lowest BCUT2D eigenvalue weighted by Gasteiger charge is -2.29. The smallest absolute Gasteiger partial charge is 0.339 e. The Labute approximate surface area is 337 Å². The van der Waals surface area contributed by atoms with E-state index >= 15 is 0 Å². The van der Waals surface area contributed by atoms with Gasteiger partial charge in [-0.05, 0) is 98.3 Å². The maximum Gasteiger partial charge on any atom is 0.339 e. The van der Waals surface area contributed by atoms with Crippen molar-refractivity contribution in [3.8, 4) is 72.7 Å². The summed E-state index contributed by atoms with van der Waals surface area (Å²) in [4.78, 5) is 28.3. The average molecular weight is 897 g/mol. The molecule has 6 aromatic rings. The fourth-order valence-corrected chi connectivity index (χ4v) is 8.92. The van der Waals surface area contributed by atoms with Crippen LogP contribution in [0.5, 0.6) is 5.75 Å². The van der Waals surface area contributed by atoms with Gasteiger partial charge in [-0.3, -0.25) is 4.79 Å². The highest BCUT2D eigenvalue weighted by atomic mass is 79.9. The topological polar surface area (TPSA) is 76.7 Å². The Hall–Kier alpha value is -5.22. The normalized spacial score (nSPS) is 11.3. The molecule has 1 aliphatic carbocycles. The minimum atomic E-state index is -0.579. The number of aromatic hydroxyl groups is 1. The number of rotatable bonds is 6. The van der Waals surface area contributed by atoms with E-state index in [-0.39, 0.29) is 37.1 Å². The van der Waals surface area contributed by atoms with Gasteiger partial charge in [0.1, 0.15) is 22.5 Å². The van der Waals surface area contributed by atoms with E-state index in [1.54, 1.807) is 12.1 Å². The molecule has 1 heterocycles. The van der Waals surface area contributed by atoms with E-state index in [2.05, 4.69) is 59.9 Å². The predicted molar refractivity (Wildman–Crippen MR) is 228 cm³/mol. The highest BCUT2D eigenvalue weighted by Crippen LogP contribution is 2.57. The van der Waals surface area contributed by atoms with Crippen molar-refractivity contribution in [3.05, 3.63) is 163 Å². The molecule has 9 heteroatoms. The maximum absolute atomic E-state index is 14.9. The second kappa shape index (κ2) is 14.6. The first-order valence-electron chi connectivity index (χ1n) is 16.8. The minimum Gasteiger partial charge on any atom is -0.505 e. The van der Waals surface area contributed by atoms with Gasteiger partial charge in [-0.15, -0.1) is 0 Å². The molecule has 0 bridgehead atoms. The third-order valence-electron chi connectivity index (χ3n) is 9.49. The van der Waals surface area contributed by atoms with Crippen molar-refractivity contribution in [2.45, 2.75) is 0 Å². The molecule has 2 aliphatic rings. The fraction of sp³-hybridized carbons (Fsp3) is 0.0222. The van der Waals surface area contributed by atoms with Gasteiger partial charge in [0.25, 0.3) is 0 Å². The summed E-state index contributed by atoms with van der Waals surface area (Å²) in [7, 11) is 7.81. The molecule has 0 unspecified atom stereocenters. The van der Waals surface area contributed by atoms with Crippen LogP contribution in [0.1, 0.15) is 10.4 Å². The summed E-state index contributed by atoms with van der Waals surface area (Å²) in [5.74, 6) is -0.496. The Morgan fingerprint density at radius 2 is 1.07 bits per heavy atom. The molecule has 260 valence electrons. The first-order chi connectivity index (χ1) is 26.2. The molecule has 1 aliphatic heterocycles. The van der Waals surface area contributed by atoms with Gasteiger partial charge in [0.15, 0.2) is 16.8 Å². The molecule has 0 saturated heterocycles. The SMILES string of the molecule is [B]c1cc2c(-c3c(C(=O)OC)c(-c4ccccc4)c(-c4ccccc4)c(-c4ccccc4)c3-c3ccccc3)c3cc(Br)c(O)c(Br)c3oc-2c(Br)c1=O. The van der Waals surface area contributed by atoms with E-state index in [4.69, 9.17) is 17.0 Å².